The van der Waals surface area contributed by atoms with Crippen molar-refractivity contribution in [1.29, 1.82) is 0 Å². The van der Waals surface area contributed by atoms with Crippen molar-refractivity contribution in [2.45, 2.75) is 32.2 Å². The number of hydrogen-bond acceptors (Lipinski definition) is 4. The van der Waals surface area contributed by atoms with Gasteiger partial charge < -0.3 is 19.9 Å². The fourth-order valence-corrected chi connectivity index (χ4v) is 1.94. The molecule has 1 aromatic rings. The molecule has 0 fully saturated rings. The summed E-state index contributed by atoms with van der Waals surface area (Å²) in [6, 6.07) is 3.91. The van der Waals surface area contributed by atoms with Crippen molar-refractivity contribution in [3.63, 3.8) is 0 Å². The van der Waals surface area contributed by atoms with E-state index in [1.807, 2.05) is 6.92 Å². The summed E-state index contributed by atoms with van der Waals surface area (Å²) in [4.78, 5) is 23.2. The molecule has 1 aliphatic heterocycles. The van der Waals surface area contributed by atoms with E-state index in [-0.39, 0.29) is 6.79 Å². The SMILES string of the molecule is CCCCC(NC(=O)c1ccc2c(c1)OCO2)C(=O)O. The van der Waals surface area contributed by atoms with Crippen LogP contribution in [0.4, 0.5) is 0 Å². The molecule has 1 amide bonds. The zero-order chi connectivity index (χ0) is 14.5. The number of unbranched alkanes of at least 4 members (excludes halogenated alkanes) is 1. The average Bonchev–Trinajstić information content (AvgIpc) is 2.90. The molecule has 6 nitrogen and oxygen atoms in total. The number of amides is 1. The largest absolute Gasteiger partial charge is 0.480 e. The lowest BCUT2D eigenvalue weighted by Gasteiger charge is -2.14. The van der Waals surface area contributed by atoms with Crippen LogP contribution in [-0.2, 0) is 4.79 Å². The molecule has 0 aromatic heterocycles. The molecule has 0 aliphatic carbocycles. The van der Waals surface area contributed by atoms with Gasteiger partial charge in [0.1, 0.15) is 6.04 Å². The first kappa shape index (κ1) is 14.2. The lowest BCUT2D eigenvalue weighted by Crippen LogP contribution is -2.40. The number of carbonyl (C=O) groups is 2. The Morgan fingerprint density at radius 2 is 2.10 bits per heavy atom. The van der Waals surface area contributed by atoms with Gasteiger partial charge in [0.15, 0.2) is 11.5 Å². The summed E-state index contributed by atoms with van der Waals surface area (Å²) in [7, 11) is 0. The molecule has 0 spiro atoms. The maximum absolute atomic E-state index is 12.1. The van der Waals surface area contributed by atoms with Crippen LogP contribution in [0, 0.1) is 0 Å². The van der Waals surface area contributed by atoms with Crippen LogP contribution < -0.4 is 14.8 Å². The molecule has 1 atom stereocenters. The third-order valence-electron chi connectivity index (χ3n) is 3.08. The quantitative estimate of drug-likeness (QED) is 0.829. The van der Waals surface area contributed by atoms with Gasteiger partial charge in [-0.1, -0.05) is 19.8 Å². The highest BCUT2D eigenvalue weighted by molar-refractivity contribution is 5.97. The van der Waals surface area contributed by atoms with Crippen LogP contribution in [-0.4, -0.2) is 29.8 Å². The number of carboxylic acid groups (broad SMARTS) is 1. The second-order valence-corrected chi connectivity index (χ2v) is 4.57. The maximum Gasteiger partial charge on any atom is 0.326 e. The first-order valence-electron chi connectivity index (χ1n) is 6.55. The minimum absolute atomic E-state index is 0.134. The average molecular weight is 279 g/mol. The Hall–Kier alpha value is -2.24. The van der Waals surface area contributed by atoms with Crippen molar-refractivity contribution in [3.05, 3.63) is 23.8 Å². The van der Waals surface area contributed by atoms with Crippen LogP contribution in [0.5, 0.6) is 11.5 Å². The lowest BCUT2D eigenvalue weighted by atomic mass is 10.1. The Kier molecular flexibility index (Phi) is 4.45. The fraction of sp³-hybridized carbons (Fsp3) is 0.429. The highest BCUT2D eigenvalue weighted by atomic mass is 16.7. The first-order valence-corrected chi connectivity index (χ1v) is 6.55. The van der Waals surface area contributed by atoms with Gasteiger partial charge in [-0.3, -0.25) is 4.79 Å². The fourth-order valence-electron chi connectivity index (χ4n) is 1.94. The van der Waals surface area contributed by atoms with Crippen LogP contribution in [0.2, 0.25) is 0 Å². The molecule has 1 aromatic carbocycles. The number of nitrogens with one attached hydrogen (secondary N) is 1. The molecule has 0 saturated heterocycles. The van der Waals surface area contributed by atoms with E-state index >= 15 is 0 Å². The van der Waals surface area contributed by atoms with Crippen LogP contribution in [0.1, 0.15) is 36.5 Å². The second kappa shape index (κ2) is 6.27. The smallest absolute Gasteiger partial charge is 0.326 e. The second-order valence-electron chi connectivity index (χ2n) is 4.57. The number of carbonyl (C=O) groups excluding carboxylic acids is 1. The maximum atomic E-state index is 12.1. The van der Waals surface area contributed by atoms with Gasteiger partial charge in [0.2, 0.25) is 6.79 Å². The monoisotopic (exact) mass is 279 g/mol. The Labute approximate surface area is 116 Å². The van der Waals surface area contributed by atoms with Gasteiger partial charge in [0.05, 0.1) is 0 Å². The Balaban J connectivity index is 2.04. The molecule has 1 unspecified atom stereocenters. The van der Waals surface area contributed by atoms with E-state index in [9.17, 15) is 9.59 Å². The summed E-state index contributed by atoms with van der Waals surface area (Å²) in [5.74, 6) is -0.361. The summed E-state index contributed by atoms with van der Waals surface area (Å²) >= 11 is 0. The Morgan fingerprint density at radius 1 is 1.35 bits per heavy atom. The van der Waals surface area contributed by atoms with E-state index in [0.29, 0.717) is 23.5 Å². The minimum atomic E-state index is -1.02. The Bertz CT molecular complexity index is 514. The summed E-state index contributed by atoms with van der Waals surface area (Å²) in [5.41, 5.74) is 0.358. The first-order chi connectivity index (χ1) is 9.61. The molecule has 2 rings (SSSR count). The number of benzene rings is 1. The number of rotatable bonds is 6. The molecule has 6 heteroatoms. The number of hydrogen-bond donors (Lipinski definition) is 2. The van der Waals surface area contributed by atoms with Gasteiger partial charge in [-0.15, -0.1) is 0 Å². The zero-order valence-corrected chi connectivity index (χ0v) is 11.2. The van der Waals surface area contributed by atoms with Gasteiger partial charge in [-0.2, -0.15) is 0 Å². The van der Waals surface area contributed by atoms with Crippen LogP contribution in [0.15, 0.2) is 18.2 Å². The molecule has 0 bridgehead atoms. The van der Waals surface area contributed by atoms with E-state index in [2.05, 4.69) is 5.32 Å². The molecule has 0 radical (unpaired) electrons. The molecule has 1 heterocycles. The van der Waals surface area contributed by atoms with Crippen molar-refractivity contribution >= 4 is 11.9 Å². The van der Waals surface area contributed by atoms with Gasteiger partial charge >= 0.3 is 5.97 Å². The third-order valence-corrected chi connectivity index (χ3v) is 3.08. The van der Waals surface area contributed by atoms with Crippen LogP contribution in [0.25, 0.3) is 0 Å². The topological polar surface area (TPSA) is 84.9 Å². The number of carboxylic acids is 1. The molecule has 20 heavy (non-hydrogen) atoms. The number of aliphatic carboxylic acids is 1. The summed E-state index contributed by atoms with van der Waals surface area (Å²) in [6.45, 7) is 2.10. The van der Waals surface area contributed by atoms with Crippen molar-refractivity contribution in [3.8, 4) is 11.5 Å². The van der Waals surface area contributed by atoms with E-state index in [4.69, 9.17) is 14.6 Å². The van der Waals surface area contributed by atoms with E-state index in [0.717, 1.165) is 12.8 Å². The summed E-state index contributed by atoms with van der Waals surface area (Å²) in [5, 5.41) is 11.6. The molecule has 2 N–H and O–H groups in total. The highest BCUT2D eigenvalue weighted by Gasteiger charge is 2.21. The lowest BCUT2D eigenvalue weighted by molar-refractivity contribution is -0.139. The van der Waals surface area contributed by atoms with Crippen molar-refractivity contribution in [2.24, 2.45) is 0 Å². The molecule has 1 aliphatic rings. The van der Waals surface area contributed by atoms with Crippen LogP contribution in [0.3, 0.4) is 0 Å². The van der Waals surface area contributed by atoms with Gasteiger partial charge in [-0.05, 0) is 24.6 Å². The van der Waals surface area contributed by atoms with E-state index in [1.54, 1.807) is 18.2 Å². The summed E-state index contributed by atoms with van der Waals surface area (Å²) in [6.07, 6.45) is 2.05. The van der Waals surface area contributed by atoms with Crippen molar-refractivity contribution < 1.29 is 24.2 Å². The minimum Gasteiger partial charge on any atom is -0.480 e. The zero-order valence-electron chi connectivity index (χ0n) is 11.2. The molecule has 108 valence electrons. The van der Waals surface area contributed by atoms with Crippen molar-refractivity contribution in [2.75, 3.05) is 6.79 Å². The third kappa shape index (κ3) is 3.20. The number of fused-ring (bicyclic) bond motifs is 1. The van der Waals surface area contributed by atoms with E-state index in [1.165, 1.54) is 0 Å². The van der Waals surface area contributed by atoms with Gasteiger partial charge in [0, 0.05) is 5.56 Å². The predicted molar refractivity (Wildman–Crippen MR) is 71.0 cm³/mol. The van der Waals surface area contributed by atoms with E-state index < -0.39 is 17.9 Å². The van der Waals surface area contributed by atoms with Crippen molar-refractivity contribution in [1.82, 2.24) is 5.32 Å². The molecular formula is C14H17NO5. The summed E-state index contributed by atoms with van der Waals surface area (Å²) < 4.78 is 10.3. The highest BCUT2D eigenvalue weighted by Crippen LogP contribution is 2.32. The normalized spacial score (nSPS) is 13.8. The predicted octanol–water partition coefficient (Wildman–Crippen LogP) is 1.79. The van der Waals surface area contributed by atoms with Gasteiger partial charge in [-0.25, -0.2) is 4.79 Å². The Morgan fingerprint density at radius 3 is 2.80 bits per heavy atom. The molecule has 0 saturated carbocycles. The number of ether oxygens (including phenoxy) is 2. The standard InChI is InChI=1S/C14H17NO5/c1-2-3-4-10(14(17)18)15-13(16)9-5-6-11-12(7-9)20-8-19-11/h5-7,10H,2-4,8H2,1H3,(H,15,16)(H,17,18). The van der Waals surface area contributed by atoms with Gasteiger partial charge in [0.25, 0.3) is 5.91 Å². The molecular weight excluding hydrogens is 262 g/mol. The van der Waals surface area contributed by atoms with Crippen LogP contribution >= 0.6 is 0 Å².